The molecule has 2 rings (SSSR count). The Hall–Kier alpha value is -0.120. The summed E-state index contributed by atoms with van der Waals surface area (Å²) in [5.74, 6) is 1.52. The van der Waals surface area contributed by atoms with Gasteiger partial charge in [-0.2, -0.15) is 0 Å². The molecule has 3 heteroatoms. The Kier molecular flexibility index (Phi) is 4.91. The number of hydrogen-bond acceptors (Lipinski definition) is 3. The fourth-order valence-corrected chi connectivity index (χ4v) is 3.66. The van der Waals surface area contributed by atoms with Crippen LogP contribution in [0.5, 0.6) is 0 Å². The molecular formula is C16H32N2O. The monoisotopic (exact) mass is 268 g/mol. The summed E-state index contributed by atoms with van der Waals surface area (Å²) in [6.07, 6.45) is 2.46. The lowest BCUT2D eigenvalue weighted by Crippen LogP contribution is -2.65. The quantitative estimate of drug-likeness (QED) is 0.851. The zero-order valence-electron chi connectivity index (χ0n) is 13.4. The van der Waals surface area contributed by atoms with Gasteiger partial charge in [0.1, 0.15) is 0 Å². The van der Waals surface area contributed by atoms with Gasteiger partial charge in [0, 0.05) is 43.9 Å². The highest BCUT2D eigenvalue weighted by Crippen LogP contribution is 2.29. The summed E-state index contributed by atoms with van der Waals surface area (Å²) in [5.41, 5.74) is 0.241. The van der Waals surface area contributed by atoms with Crippen molar-refractivity contribution in [2.24, 2.45) is 11.8 Å². The lowest BCUT2D eigenvalue weighted by Gasteiger charge is -2.51. The van der Waals surface area contributed by atoms with Gasteiger partial charge in [0.2, 0.25) is 0 Å². The van der Waals surface area contributed by atoms with Gasteiger partial charge in [0.15, 0.2) is 0 Å². The molecule has 2 atom stereocenters. The van der Waals surface area contributed by atoms with E-state index in [9.17, 15) is 0 Å². The van der Waals surface area contributed by atoms with Crippen molar-refractivity contribution >= 4 is 0 Å². The summed E-state index contributed by atoms with van der Waals surface area (Å²) in [6, 6.07) is 1.35. The van der Waals surface area contributed by atoms with Crippen LogP contribution < -0.4 is 5.32 Å². The topological polar surface area (TPSA) is 24.5 Å². The van der Waals surface area contributed by atoms with Gasteiger partial charge < -0.3 is 10.1 Å². The summed E-state index contributed by atoms with van der Waals surface area (Å²) >= 11 is 0. The van der Waals surface area contributed by atoms with E-state index >= 15 is 0 Å². The van der Waals surface area contributed by atoms with Gasteiger partial charge in [-0.25, -0.2) is 0 Å². The fraction of sp³-hybridized carbons (Fsp3) is 1.00. The Labute approximate surface area is 119 Å². The molecule has 0 aromatic rings. The van der Waals surface area contributed by atoms with Gasteiger partial charge in [-0.3, -0.25) is 4.90 Å². The third-order valence-electron chi connectivity index (χ3n) is 5.03. The molecule has 0 spiro atoms. The second-order valence-electron chi connectivity index (χ2n) is 7.44. The molecule has 2 aliphatic heterocycles. The molecule has 3 nitrogen and oxygen atoms in total. The third kappa shape index (κ3) is 3.71. The van der Waals surface area contributed by atoms with Crippen molar-refractivity contribution in [3.63, 3.8) is 0 Å². The first kappa shape index (κ1) is 15.3. The van der Waals surface area contributed by atoms with E-state index in [0.29, 0.717) is 18.0 Å². The van der Waals surface area contributed by atoms with Crippen molar-refractivity contribution in [1.29, 1.82) is 0 Å². The fourth-order valence-electron chi connectivity index (χ4n) is 3.66. The molecule has 2 aliphatic rings. The van der Waals surface area contributed by atoms with Crippen LogP contribution in [-0.4, -0.2) is 48.8 Å². The van der Waals surface area contributed by atoms with E-state index in [4.69, 9.17) is 4.74 Å². The van der Waals surface area contributed by atoms with Crippen LogP contribution in [0.25, 0.3) is 0 Å². The average Bonchev–Trinajstić information content (AvgIpc) is 2.37. The van der Waals surface area contributed by atoms with Crippen molar-refractivity contribution in [2.45, 2.75) is 65.1 Å². The summed E-state index contributed by atoms with van der Waals surface area (Å²) in [6.45, 7) is 16.0. The smallest absolute Gasteiger partial charge is 0.0469 e. The second kappa shape index (κ2) is 6.11. The normalized spacial score (nSPS) is 31.6. The molecule has 0 aliphatic carbocycles. The molecule has 0 aromatic carbocycles. The predicted molar refractivity (Wildman–Crippen MR) is 80.4 cm³/mol. The van der Waals surface area contributed by atoms with Crippen LogP contribution in [0.1, 0.15) is 47.5 Å². The molecule has 2 unspecified atom stereocenters. The standard InChI is InChI=1S/C16H32N2O/c1-12(2)15-10-17-16(4,5)11-18(15)13(3)14-6-8-19-9-7-14/h12-15,17H,6-11H2,1-5H3. The minimum Gasteiger partial charge on any atom is -0.381 e. The van der Waals surface area contributed by atoms with Gasteiger partial charge >= 0.3 is 0 Å². The van der Waals surface area contributed by atoms with Crippen LogP contribution in [0.15, 0.2) is 0 Å². The molecular weight excluding hydrogens is 236 g/mol. The summed E-state index contributed by atoms with van der Waals surface area (Å²) in [5, 5.41) is 3.71. The van der Waals surface area contributed by atoms with E-state index in [1.807, 2.05) is 0 Å². The van der Waals surface area contributed by atoms with Crippen molar-refractivity contribution in [2.75, 3.05) is 26.3 Å². The van der Waals surface area contributed by atoms with Gasteiger partial charge in [-0.15, -0.1) is 0 Å². The van der Waals surface area contributed by atoms with Crippen molar-refractivity contribution < 1.29 is 4.74 Å². The van der Waals surface area contributed by atoms with Gasteiger partial charge in [0.05, 0.1) is 0 Å². The van der Waals surface area contributed by atoms with E-state index in [1.165, 1.54) is 12.8 Å². The minimum absolute atomic E-state index is 0.241. The van der Waals surface area contributed by atoms with Gasteiger partial charge in [-0.05, 0) is 45.4 Å². The third-order valence-corrected chi connectivity index (χ3v) is 5.03. The second-order valence-corrected chi connectivity index (χ2v) is 7.44. The van der Waals surface area contributed by atoms with E-state index in [-0.39, 0.29) is 5.54 Å². The largest absolute Gasteiger partial charge is 0.381 e. The number of ether oxygens (including phenoxy) is 1. The van der Waals surface area contributed by atoms with Crippen molar-refractivity contribution in [1.82, 2.24) is 10.2 Å². The molecule has 0 saturated carbocycles. The number of rotatable bonds is 3. The molecule has 2 saturated heterocycles. The number of piperazine rings is 1. The Morgan fingerprint density at radius 2 is 1.79 bits per heavy atom. The molecule has 0 aromatic heterocycles. The molecule has 2 fully saturated rings. The SMILES string of the molecule is CC(C)C1CNC(C)(C)CN1C(C)C1CCOCC1. The molecule has 2 heterocycles. The molecule has 19 heavy (non-hydrogen) atoms. The van der Waals surface area contributed by atoms with E-state index < -0.39 is 0 Å². The highest BCUT2D eigenvalue weighted by molar-refractivity contribution is 4.96. The average molecular weight is 268 g/mol. The zero-order valence-corrected chi connectivity index (χ0v) is 13.4. The van der Waals surface area contributed by atoms with Gasteiger partial charge in [0.25, 0.3) is 0 Å². The Bertz CT molecular complexity index is 284. The van der Waals surface area contributed by atoms with Crippen LogP contribution in [-0.2, 0) is 4.74 Å². The molecule has 0 radical (unpaired) electrons. The molecule has 0 amide bonds. The summed E-state index contributed by atoms with van der Waals surface area (Å²) in [7, 11) is 0. The van der Waals surface area contributed by atoms with Crippen LogP contribution in [0.2, 0.25) is 0 Å². The van der Waals surface area contributed by atoms with E-state index in [0.717, 1.165) is 32.2 Å². The minimum atomic E-state index is 0.241. The predicted octanol–water partition coefficient (Wildman–Crippen LogP) is 2.51. The maximum atomic E-state index is 5.52. The highest BCUT2D eigenvalue weighted by atomic mass is 16.5. The number of hydrogen-bond donors (Lipinski definition) is 1. The first-order valence-electron chi connectivity index (χ1n) is 7.99. The Balaban J connectivity index is 2.07. The van der Waals surface area contributed by atoms with Crippen molar-refractivity contribution in [3.05, 3.63) is 0 Å². The first-order valence-corrected chi connectivity index (χ1v) is 7.99. The van der Waals surface area contributed by atoms with Crippen molar-refractivity contribution in [3.8, 4) is 0 Å². The summed E-state index contributed by atoms with van der Waals surface area (Å²) in [4.78, 5) is 2.77. The van der Waals surface area contributed by atoms with Crippen LogP contribution in [0.4, 0.5) is 0 Å². The number of nitrogens with one attached hydrogen (secondary N) is 1. The zero-order chi connectivity index (χ0) is 14.0. The van der Waals surface area contributed by atoms with Crippen LogP contribution in [0, 0.1) is 11.8 Å². The lowest BCUT2D eigenvalue weighted by atomic mass is 9.86. The first-order chi connectivity index (χ1) is 8.91. The Morgan fingerprint density at radius 1 is 1.16 bits per heavy atom. The van der Waals surface area contributed by atoms with Crippen LogP contribution in [0.3, 0.4) is 0 Å². The van der Waals surface area contributed by atoms with Crippen LogP contribution >= 0.6 is 0 Å². The molecule has 0 bridgehead atoms. The maximum absolute atomic E-state index is 5.52. The Morgan fingerprint density at radius 3 is 2.37 bits per heavy atom. The summed E-state index contributed by atoms with van der Waals surface area (Å²) < 4.78 is 5.52. The molecule has 1 N–H and O–H groups in total. The highest BCUT2D eigenvalue weighted by Gasteiger charge is 2.38. The molecule has 112 valence electrons. The van der Waals surface area contributed by atoms with E-state index in [2.05, 4.69) is 44.8 Å². The van der Waals surface area contributed by atoms with E-state index in [1.54, 1.807) is 0 Å². The van der Waals surface area contributed by atoms with Gasteiger partial charge in [-0.1, -0.05) is 13.8 Å². The number of nitrogens with zero attached hydrogens (tertiary/aromatic N) is 1. The lowest BCUT2D eigenvalue weighted by molar-refractivity contribution is -0.0172. The maximum Gasteiger partial charge on any atom is 0.0469 e.